The first-order chi connectivity index (χ1) is 18.9. The van der Waals surface area contributed by atoms with Crippen molar-refractivity contribution in [3.05, 3.63) is 42.5 Å². The molecule has 0 unspecified atom stereocenters. The number of nitrogens with zero attached hydrogens (tertiary/aromatic N) is 4. The number of benzene rings is 2. The van der Waals surface area contributed by atoms with Crippen LogP contribution in [0.3, 0.4) is 0 Å². The predicted molar refractivity (Wildman–Crippen MR) is 158 cm³/mol. The summed E-state index contributed by atoms with van der Waals surface area (Å²) in [4.78, 5) is 26.9. The van der Waals surface area contributed by atoms with E-state index in [9.17, 15) is 9.59 Å². The van der Waals surface area contributed by atoms with Crippen LogP contribution in [-0.4, -0.2) is 45.9 Å². The van der Waals surface area contributed by atoms with E-state index < -0.39 is 10.8 Å². The first-order valence-electron chi connectivity index (χ1n) is 13.4. The fourth-order valence-electron chi connectivity index (χ4n) is 4.19. The van der Waals surface area contributed by atoms with Crippen LogP contribution < -0.4 is 14.2 Å². The Bertz CT molecular complexity index is 1350. The number of likely N-dealkylation sites (N-methyl/N-ethyl adjacent to an activating group) is 1. The summed E-state index contributed by atoms with van der Waals surface area (Å²) in [6.07, 6.45) is 1.05. The molecule has 0 amide bonds. The van der Waals surface area contributed by atoms with Gasteiger partial charge < -0.3 is 19.1 Å². The van der Waals surface area contributed by atoms with E-state index in [4.69, 9.17) is 14.2 Å². The number of esters is 2. The molecule has 1 aromatic heterocycles. The maximum absolute atomic E-state index is 12.8. The zero-order valence-corrected chi connectivity index (χ0v) is 25.6. The van der Waals surface area contributed by atoms with Crippen LogP contribution in [-0.2, 0) is 26.1 Å². The molecule has 0 aliphatic rings. The van der Waals surface area contributed by atoms with E-state index in [0.717, 1.165) is 39.0 Å². The molecule has 0 saturated carbocycles. The Morgan fingerprint density at radius 3 is 2.20 bits per heavy atom. The molecular formula is C30H41N4O5S+. The third-order valence-corrected chi connectivity index (χ3v) is 8.21. The number of rotatable bonds is 13. The number of hydrogen-bond acceptors (Lipinski definition) is 9. The van der Waals surface area contributed by atoms with Gasteiger partial charge in [-0.1, -0.05) is 0 Å². The number of aromatic nitrogens is 1. The van der Waals surface area contributed by atoms with Crippen LogP contribution in [0.4, 0.5) is 16.5 Å². The minimum Gasteiger partial charge on any atom is -0.497 e. The third kappa shape index (κ3) is 7.56. The topological polar surface area (TPSA) is 93.7 Å². The number of carbonyl (C=O) groups is 2. The largest absolute Gasteiger partial charge is 0.497 e. The van der Waals surface area contributed by atoms with E-state index in [0.29, 0.717) is 19.4 Å². The first kappa shape index (κ1) is 31.0. The fourth-order valence-corrected chi connectivity index (χ4v) is 5.19. The molecule has 0 aliphatic carbocycles. The van der Waals surface area contributed by atoms with Crippen molar-refractivity contribution in [3.8, 4) is 5.75 Å². The molecule has 0 N–H and O–H groups in total. The molecule has 3 aromatic rings. The highest BCUT2D eigenvalue weighted by atomic mass is 32.1. The van der Waals surface area contributed by atoms with Crippen molar-refractivity contribution in [2.75, 3.05) is 38.8 Å². The maximum atomic E-state index is 12.8. The van der Waals surface area contributed by atoms with Crippen LogP contribution in [0.25, 0.3) is 10.2 Å². The molecular weight excluding hydrogens is 528 g/mol. The average Bonchev–Trinajstić information content (AvgIpc) is 3.27. The van der Waals surface area contributed by atoms with Crippen molar-refractivity contribution in [3.63, 3.8) is 0 Å². The van der Waals surface area contributed by atoms with Gasteiger partial charge in [-0.2, -0.15) is 0 Å². The molecule has 40 heavy (non-hydrogen) atoms. The van der Waals surface area contributed by atoms with E-state index in [1.807, 2.05) is 81.8 Å². The number of fused-ring (bicyclic) bond motifs is 1. The zero-order valence-electron chi connectivity index (χ0n) is 24.8. The van der Waals surface area contributed by atoms with Gasteiger partial charge in [0.25, 0.3) is 0 Å². The lowest BCUT2D eigenvalue weighted by Gasteiger charge is -2.28. The van der Waals surface area contributed by atoms with E-state index in [1.165, 1.54) is 7.11 Å². The van der Waals surface area contributed by atoms with Crippen molar-refractivity contribution in [2.24, 2.45) is 28.1 Å². The van der Waals surface area contributed by atoms with Crippen molar-refractivity contribution in [1.29, 1.82) is 0 Å². The Morgan fingerprint density at radius 2 is 1.60 bits per heavy atom. The molecule has 0 saturated heterocycles. The summed E-state index contributed by atoms with van der Waals surface area (Å²) in [5.41, 5.74) is 1.48. The van der Waals surface area contributed by atoms with Crippen LogP contribution in [0.1, 0.15) is 47.5 Å². The lowest BCUT2D eigenvalue weighted by Crippen LogP contribution is -2.34. The van der Waals surface area contributed by atoms with Gasteiger partial charge in [0.15, 0.2) is 0 Å². The second kappa shape index (κ2) is 13.2. The molecule has 0 bridgehead atoms. The Kier molecular flexibility index (Phi) is 10.2. The Morgan fingerprint density at radius 1 is 0.950 bits per heavy atom. The molecule has 10 heteroatoms. The monoisotopic (exact) mass is 569 g/mol. The summed E-state index contributed by atoms with van der Waals surface area (Å²) in [6, 6.07) is 13.8. The number of methoxy groups -OCH3 is 2. The molecule has 3 rings (SSSR count). The Labute approximate surface area is 240 Å². The molecule has 216 valence electrons. The normalized spacial score (nSPS) is 12.1. The van der Waals surface area contributed by atoms with Gasteiger partial charge in [-0.25, -0.2) is 4.57 Å². The lowest BCUT2D eigenvalue weighted by atomic mass is 9.79. The maximum Gasteiger partial charge on any atom is 0.409 e. The van der Waals surface area contributed by atoms with E-state index in [1.54, 1.807) is 18.4 Å². The lowest BCUT2D eigenvalue weighted by molar-refractivity contribution is -0.627. The van der Waals surface area contributed by atoms with Gasteiger partial charge >= 0.3 is 17.1 Å². The van der Waals surface area contributed by atoms with E-state index in [-0.39, 0.29) is 18.5 Å². The second-order valence-corrected chi connectivity index (χ2v) is 12.0. The molecule has 0 fully saturated rings. The quantitative estimate of drug-likeness (QED) is 0.132. The first-order valence-corrected chi connectivity index (χ1v) is 14.2. The number of hydrogen-bond donors (Lipinski definition) is 0. The fraction of sp³-hybridized carbons (Fsp3) is 0.500. The highest BCUT2D eigenvalue weighted by Crippen LogP contribution is 2.33. The summed E-state index contributed by atoms with van der Waals surface area (Å²) >= 11 is 1.56. The molecule has 0 atom stereocenters. The van der Waals surface area contributed by atoms with Gasteiger partial charge in [0.1, 0.15) is 23.6 Å². The van der Waals surface area contributed by atoms with Crippen molar-refractivity contribution < 1.29 is 28.4 Å². The summed E-state index contributed by atoms with van der Waals surface area (Å²) < 4.78 is 18.9. The van der Waals surface area contributed by atoms with Gasteiger partial charge in [0.05, 0.1) is 48.5 Å². The van der Waals surface area contributed by atoms with Crippen LogP contribution in [0, 0.1) is 10.8 Å². The summed E-state index contributed by atoms with van der Waals surface area (Å²) in [7, 11) is 5.01. The molecule has 1 heterocycles. The number of ether oxygens (including phenoxy) is 3. The van der Waals surface area contributed by atoms with Gasteiger partial charge in [0.2, 0.25) is 0 Å². The van der Waals surface area contributed by atoms with Gasteiger partial charge in [-0.15, -0.1) is 0 Å². The standard InChI is InChI=1S/C30H41N4O5S/c1-9-34(18-19-39-27(36)30(4,5)17-16-29(2,3)26(35)38-8)22-12-10-21(11-13-22)31-32-28-33(6)24-15-14-23(37-7)20-25(24)40-28/h10-15,20H,9,16-19H2,1-8H3/q+1. The number of azo groups is 1. The van der Waals surface area contributed by atoms with Crippen LogP contribution in [0.5, 0.6) is 5.75 Å². The molecule has 0 aliphatic heterocycles. The summed E-state index contributed by atoms with van der Waals surface area (Å²) in [6.45, 7) is 11.0. The summed E-state index contributed by atoms with van der Waals surface area (Å²) in [5.74, 6) is 0.262. The van der Waals surface area contributed by atoms with Gasteiger partial charge in [-0.3, -0.25) is 9.59 Å². The minimum atomic E-state index is -0.702. The zero-order chi connectivity index (χ0) is 29.5. The van der Waals surface area contributed by atoms with Crippen molar-refractivity contribution in [2.45, 2.75) is 47.5 Å². The van der Waals surface area contributed by atoms with Gasteiger partial charge in [-0.05, 0) is 100 Å². The Balaban J connectivity index is 1.56. The average molecular weight is 570 g/mol. The third-order valence-electron chi connectivity index (χ3n) is 7.12. The molecule has 2 aromatic carbocycles. The predicted octanol–water partition coefficient (Wildman–Crippen LogP) is 6.52. The van der Waals surface area contributed by atoms with Crippen LogP contribution >= 0.6 is 11.3 Å². The molecule has 0 spiro atoms. The SMILES string of the molecule is CCN(CCOC(=O)C(C)(C)CCC(C)(C)C(=O)OC)c1ccc(N=Nc2sc3cc(OC)ccc3[n+]2C)cc1. The van der Waals surface area contributed by atoms with Gasteiger partial charge in [0, 0.05) is 18.3 Å². The van der Waals surface area contributed by atoms with Crippen LogP contribution in [0.15, 0.2) is 52.7 Å². The molecule has 9 nitrogen and oxygen atoms in total. The van der Waals surface area contributed by atoms with E-state index in [2.05, 4.69) is 22.1 Å². The highest BCUT2D eigenvalue weighted by Gasteiger charge is 2.35. The Hall–Kier alpha value is -3.53. The van der Waals surface area contributed by atoms with Crippen LogP contribution in [0.2, 0.25) is 0 Å². The summed E-state index contributed by atoms with van der Waals surface area (Å²) in [5, 5.41) is 9.69. The van der Waals surface area contributed by atoms with E-state index >= 15 is 0 Å². The number of thiazole rings is 1. The number of anilines is 1. The highest BCUT2D eigenvalue weighted by molar-refractivity contribution is 7.21. The minimum absolute atomic E-state index is 0.269. The molecule has 0 radical (unpaired) electrons. The number of aryl methyl sites for hydroxylation is 1. The number of carbonyl (C=O) groups excluding carboxylic acids is 2. The van der Waals surface area contributed by atoms with Crippen molar-refractivity contribution in [1.82, 2.24) is 0 Å². The smallest absolute Gasteiger partial charge is 0.409 e. The second-order valence-electron chi connectivity index (χ2n) is 11.0. The van der Waals surface area contributed by atoms with Crippen molar-refractivity contribution >= 4 is 50.0 Å².